The first-order valence-electron chi connectivity index (χ1n) is 5.84. The smallest absolute Gasteiger partial charge is 0.160 e. The number of halogens is 2. The standard InChI is InChI=1S/C12H13BrClN3/c13-9-5-10-12(15-7-9)17(11(6-14)16-10)4-3-8-1-2-8/h5,7-8H,1-4,6H2. The van der Waals surface area contributed by atoms with E-state index in [0.29, 0.717) is 5.88 Å². The first-order valence-corrected chi connectivity index (χ1v) is 7.17. The second-order valence-corrected chi connectivity index (χ2v) is 5.72. The molecule has 0 radical (unpaired) electrons. The van der Waals surface area contributed by atoms with E-state index in [4.69, 9.17) is 11.6 Å². The van der Waals surface area contributed by atoms with Crippen molar-refractivity contribution in [3.8, 4) is 0 Å². The van der Waals surface area contributed by atoms with Crippen LogP contribution in [0.4, 0.5) is 0 Å². The van der Waals surface area contributed by atoms with Crippen LogP contribution in [0.5, 0.6) is 0 Å². The number of rotatable bonds is 4. The molecule has 3 rings (SSSR count). The molecule has 2 aromatic heterocycles. The van der Waals surface area contributed by atoms with Crippen molar-refractivity contribution < 1.29 is 0 Å². The summed E-state index contributed by atoms with van der Waals surface area (Å²) in [6.07, 6.45) is 5.78. The molecule has 0 bridgehead atoms. The Bertz CT molecular complexity index is 548. The van der Waals surface area contributed by atoms with Crippen LogP contribution >= 0.6 is 27.5 Å². The Labute approximate surface area is 113 Å². The minimum atomic E-state index is 0.443. The summed E-state index contributed by atoms with van der Waals surface area (Å²) in [5, 5.41) is 0. The molecule has 1 aliphatic rings. The van der Waals surface area contributed by atoms with Crippen molar-refractivity contribution in [3.63, 3.8) is 0 Å². The Morgan fingerprint density at radius 3 is 3.00 bits per heavy atom. The monoisotopic (exact) mass is 313 g/mol. The van der Waals surface area contributed by atoms with Crippen LogP contribution in [0.15, 0.2) is 16.7 Å². The molecule has 17 heavy (non-hydrogen) atoms. The number of hydrogen-bond acceptors (Lipinski definition) is 2. The Hall–Kier alpha value is -0.610. The number of pyridine rings is 1. The summed E-state index contributed by atoms with van der Waals surface area (Å²) in [5.41, 5.74) is 1.87. The summed E-state index contributed by atoms with van der Waals surface area (Å²) < 4.78 is 3.12. The van der Waals surface area contributed by atoms with E-state index < -0.39 is 0 Å². The second kappa shape index (κ2) is 4.58. The van der Waals surface area contributed by atoms with Crippen molar-refractivity contribution in [2.24, 2.45) is 5.92 Å². The highest BCUT2D eigenvalue weighted by molar-refractivity contribution is 9.10. The van der Waals surface area contributed by atoms with E-state index in [0.717, 1.165) is 33.9 Å². The lowest BCUT2D eigenvalue weighted by molar-refractivity contribution is 0.591. The normalized spacial score (nSPS) is 15.6. The average Bonchev–Trinajstić information content (AvgIpc) is 3.08. The fourth-order valence-electron chi connectivity index (χ4n) is 2.09. The molecule has 0 unspecified atom stereocenters. The van der Waals surface area contributed by atoms with E-state index in [9.17, 15) is 0 Å². The molecule has 0 spiro atoms. The third kappa shape index (κ3) is 2.33. The molecule has 90 valence electrons. The summed E-state index contributed by atoms with van der Waals surface area (Å²) in [5.74, 6) is 2.28. The van der Waals surface area contributed by atoms with Gasteiger partial charge in [0.2, 0.25) is 0 Å². The molecule has 1 fully saturated rings. The molecule has 2 aromatic rings. The lowest BCUT2D eigenvalue weighted by Crippen LogP contribution is -2.04. The molecule has 5 heteroatoms. The summed E-state index contributed by atoms with van der Waals surface area (Å²) in [6.45, 7) is 0.984. The molecule has 1 saturated carbocycles. The van der Waals surface area contributed by atoms with E-state index in [1.165, 1.54) is 19.3 Å². The van der Waals surface area contributed by atoms with Gasteiger partial charge in [0.1, 0.15) is 11.3 Å². The molecule has 0 atom stereocenters. The Morgan fingerprint density at radius 1 is 1.47 bits per heavy atom. The summed E-state index contributed by atoms with van der Waals surface area (Å²) in [4.78, 5) is 8.97. The van der Waals surface area contributed by atoms with E-state index in [-0.39, 0.29) is 0 Å². The first kappa shape index (κ1) is 11.5. The Balaban J connectivity index is 1.99. The summed E-state index contributed by atoms with van der Waals surface area (Å²) in [7, 11) is 0. The van der Waals surface area contributed by atoms with Gasteiger partial charge in [-0.2, -0.15) is 0 Å². The highest BCUT2D eigenvalue weighted by Gasteiger charge is 2.22. The Morgan fingerprint density at radius 2 is 2.29 bits per heavy atom. The molecule has 0 aliphatic heterocycles. The number of aromatic nitrogens is 3. The zero-order chi connectivity index (χ0) is 11.8. The molecule has 3 nitrogen and oxygen atoms in total. The zero-order valence-corrected chi connectivity index (χ0v) is 11.7. The molecule has 1 aliphatic carbocycles. The summed E-state index contributed by atoms with van der Waals surface area (Å²) in [6, 6.07) is 1.99. The second-order valence-electron chi connectivity index (χ2n) is 4.54. The van der Waals surface area contributed by atoms with Gasteiger partial charge in [0.25, 0.3) is 0 Å². The summed E-state index contributed by atoms with van der Waals surface area (Å²) >= 11 is 9.37. The maximum atomic E-state index is 5.95. The SMILES string of the molecule is ClCc1nc2cc(Br)cnc2n1CCC1CC1. The van der Waals surface area contributed by atoms with Crippen LogP contribution in [0, 0.1) is 5.92 Å². The van der Waals surface area contributed by atoms with Crippen molar-refractivity contribution in [1.82, 2.24) is 14.5 Å². The maximum Gasteiger partial charge on any atom is 0.160 e. The minimum absolute atomic E-state index is 0.443. The van der Waals surface area contributed by atoms with Crippen molar-refractivity contribution in [2.45, 2.75) is 31.7 Å². The van der Waals surface area contributed by atoms with Crippen molar-refractivity contribution >= 4 is 38.7 Å². The number of nitrogens with zero attached hydrogens (tertiary/aromatic N) is 3. The molecular weight excluding hydrogens is 302 g/mol. The van der Waals surface area contributed by atoms with Crippen LogP contribution in [0.2, 0.25) is 0 Å². The highest BCUT2D eigenvalue weighted by Crippen LogP contribution is 2.33. The minimum Gasteiger partial charge on any atom is -0.312 e. The van der Waals surface area contributed by atoms with Gasteiger partial charge in [0.15, 0.2) is 5.65 Å². The van der Waals surface area contributed by atoms with Crippen LogP contribution in [0.3, 0.4) is 0 Å². The number of hydrogen-bond donors (Lipinski definition) is 0. The van der Waals surface area contributed by atoms with Gasteiger partial charge in [-0.05, 0) is 34.3 Å². The molecule has 0 N–H and O–H groups in total. The van der Waals surface area contributed by atoms with Gasteiger partial charge in [-0.15, -0.1) is 11.6 Å². The molecule has 2 heterocycles. The van der Waals surface area contributed by atoms with E-state index in [2.05, 4.69) is 30.5 Å². The van der Waals surface area contributed by atoms with Gasteiger partial charge < -0.3 is 4.57 Å². The lowest BCUT2D eigenvalue weighted by atomic mass is 10.3. The van der Waals surface area contributed by atoms with Crippen LogP contribution in [0.25, 0.3) is 11.2 Å². The largest absolute Gasteiger partial charge is 0.312 e. The van der Waals surface area contributed by atoms with Gasteiger partial charge in [-0.1, -0.05) is 12.8 Å². The van der Waals surface area contributed by atoms with E-state index in [1.54, 1.807) is 0 Å². The topological polar surface area (TPSA) is 30.7 Å². The zero-order valence-electron chi connectivity index (χ0n) is 9.37. The first-order chi connectivity index (χ1) is 8.28. The predicted octanol–water partition coefficient (Wildman–Crippen LogP) is 3.73. The Kier molecular flexibility index (Phi) is 3.09. The fourth-order valence-corrected chi connectivity index (χ4v) is 2.61. The number of imidazole rings is 1. The maximum absolute atomic E-state index is 5.95. The number of aryl methyl sites for hydroxylation is 1. The van der Waals surface area contributed by atoms with Crippen LogP contribution in [-0.2, 0) is 12.4 Å². The predicted molar refractivity (Wildman–Crippen MR) is 72.1 cm³/mol. The van der Waals surface area contributed by atoms with Crippen molar-refractivity contribution in [3.05, 3.63) is 22.6 Å². The van der Waals surface area contributed by atoms with E-state index in [1.807, 2.05) is 12.3 Å². The van der Waals surface area contributed by atoms with Gasteiger partial charge in [0.05, 0.1) is 5.88 Å². The quantitative estimate of drug-likeness (QED) is 0.805. The van der Waals surface area contributed by atoms with Crippen LogP contribution < -0.4 is 0 Å². The third-order valence-electron chi connectivity index (χ3n) is 3.21. The molecule has 0 saturated heterocycles. The number of fused-ring (bicyclic) bond motifs is 1. The number of alkyl halides is 1. The molecule has 0 aromatic carbocycles. The molecule has 0 amide bonds. The third-order valence-corrected chi connectivity index (χ3v) is 3.88. The van der Waals surface area contributed by atoms with Gasteiger partial charge in [-0.3, -0.25) is 0 Å². The van der Waals surface area contributed by atoms with Gasteiger partial charge >= 0.3 is 0 Å². The highest BCUT2D eigenvalue weighted by atomic mass is 79.9. The van der Waals surface area contributed by atoms with Crippen LogP contribution in [-0.4, -0.2) is 14.5 Å². The van der Waals surface area contributed by atoms with Crippen molar-refractivity contribution in [1.29, 1.82) is 0 Å². The van der Waals surface area contributed by atoms with E-state index >= 15 is 0 Å². The van der Waals surface area contributed by atoms with Crippen molar-refractivity contribution in [2.75, 3.05) is 0 Å². The molecular formula is C12H13BrClN3. The fraction of sp³-hybridized carbons (Fsp3) is 0.500. The average molecular weight is 315 g/mol. The van der Waals surface area contributed by atoms with Crippen LogP contribution in [0.1, 0.15) is 25.1 Å². The van der Waals surface area contributed by atoms with Gasteiger partial charge in [0, 0.05) is 17.2 Å². The van der Waals surface area contributed by atoms with Gasteiger partial charge in [-0.25, -0.2) is 9.97 Å². The lowest BCUT2D eigenvalue weighted by Gasteiger charge is -2.05.